The number of primary amides is 1. The number of nitrogens with two attached hydrogens (primary N) is 2. The van der Waals surface area contributed by atoms with Crippen LogP contribution in [0.5, 0.6) is 0 Å². The molecular formula is C20H22N4O2S. The molecule has 0 aliphatic carbocycles. The zero-order valence-corrected chi connectivity index (χ0v) is 16.0. The van der Waals surface area contributed by atoms with Crippen molar-refractivity contribution in [3.8, 4) is 0 Å². The van der Waals surface area contributed by atoms with Gasteiger partial charge in [0.25, 0.3) is 5.91 Å². The van der Waals surface area contributed by atoms with Crippen LogP contribution in [0.4, 0.5) is 5.69 Å². The summed E-state index contributed by atoms with van der Waals surface area (Å²) in [6.07, 6.45) is 3.07. The molecule has 0 saturated carbocycles. The monoisotopic (exact) mass is 382 g/mol. The molecule has 2 heterocycles. The van der Waals surface area contributed by atoms with E-state index in [2.05, 4.69) is 4.99 Å². The van der Waals surface area contributed by atoms with Gasteiger partial charge in [0.15, 0.2) is 0 Å². The zero-order valence-electron chi connectivity index (χ0n) is 15.1. The standard InChI is InChI=1S/C20H22N4O2S/c1-2-8-24(12-13-3-5-14(6-4-13)19(22)25)20(26)15-10-17-16(7-9-27-17)23-18(21)11-15/h3-7,9-10H,2,8,11-12H2,1H3,(H2,21,23)(H2,22,25). The maximum Gasteiger partial charge on any atom is 0.250 e. The summed E-state index contributed by atoms with van der Waals surface area (Å²) in [5.41, 5.74) is 14.1. The summed E-state index contributed by atoms with van der Waals surface area (Å²) < 4.78 is 0. The number of amidine groups is 1. The third-order valence-corrected chi connectivity index (χ3v) is 5.13. The highest BCUT2D eigenvalue weighted by Gasteiger charge is 2.22. The molecule has 0 bridgehead atoms. The molecular weight excluding hydrogens is 360 g/mol. The summed E-state index contributed by atoms with van der Waals surface area (Å²) >= 11 is 1.54. The van der Waals surface area contributed by atoms with E-state index in [0.29, 0.717) is 36.5 Å². The Balaban J connectivity index is 1.83. The van der Waals surface area contributed by atoms with Crippen LogP contribution >= 0.6 is 11.3 Å². The van der Waals surface area contributed by atoms with Crippen molar-refractivity contribution >= 4 is 40.8 Å². The molecule has 2 aromatic rings. The highest BCUT2D eigenvalue weighted by molar-refractivity contribution is 7.11. The molecule has 7 heteroatoms. The fourth-order valence-corrected chi connectivity index (χ4v) is 3.76. The molecule has 140 valence electrons. The average Bonchev–Trinajstić information content (AvgIpc) is 3.00. The largest absolute Gasteiger partial charge is 0.387 e. The number of nitrogens with zero attached hydrogens (tertiary/aromatic N) is 2. The molecule has 0 atom stereocenters. The fraction of sp³-hybridized carbons (Fsp3) is 0.250. The summed E-state index contributed by atoms with van der Waals surface area (Å²) in [7, 11) is 0. The van der Waals surface area contributed by atoms with Crippen LogP contribution in [-0.2, 0) is 11.3 Å². The van der Waals surface area contributed by atoms with Crippen molar-refractivity contribution in [3.63, 3.8) is 0 Å². The summed E-state index contributed by atoms with van der Waals surface area (Å²) in [4.78, 5) is 31.5. The lowest BCUT2D eigenvalue weighted by molar-refractivity contribution is -0.127. The van der Waals surface area contributed by atoms with Gasteiger partial charge < -0.3 is 16.4 Å². The first kappa shape index (κ1) is 18.8. The molecule has 0 unspecified atom stereocenters. The van der Waals surface area contributed by atoms with Crippen molar-refractivity contribution in [2.24, 2.45) is 16.5 Å². The third-order valence-electron chi connectivity index (χ3n) is 4.28. The van der Waals surface area contributed by atoms with Crippen molar-refractivity contribution in [2.45, 2.75) is 26.3 Å². The van der Waals surface area contributed by atoms with Crippen molar-refractivity contribution in [2.75, 3.05) is 6.54 Å². The second kappa shape index (κ2) is 8.18. The smallest absolute Gasteiger partial charge is 0.250 e. The van der Waals surface area contributed by atoms with Crippen molar-refractivity contribution in [3.05, 3.63) is 57.3 Å². The summed E-state index contributed by atoms with van der Waals surface area (Å²) in [6.45, 7) is 3.12. The number of thiophene rings is 1. The SMILES string of the molecule is CCCN(Cc1ccc(C(N)=O)cc1)C(=O)C1=Cc2sccc2N=C(N)C1. The van der Waals surface area contributed by atoms with Crippen LogP contribution in [0.15, 0.2) is 46.3 Å². The molecule has 2 amide bonds. The molecule has 0 spiro atoms. The Morgan fingerprint density at radius 2 is 1.96 bits per heavy atom. The number of benzene rings is 1. The van der Waals surface area contributed by atoms with Gasteiger partial charge in [-0.3, -0.25) is 9.59 Å². The first-order valence-electron chi connectivity index (χ1n) is 8.77. The normalized spacial score (nSPS) is 13.2. The molecule has 1 aliphatic rings. The quantitative estimate of drug-likeness (QED) is 0.802. The minimum atomic E-state index is -0.465. The molecule has 0 fully saturated rings. The topological polar surface area (TPSA) is 102 Å². The lowest BCUT2D eigenvalue weighted by Crippen LogP contribution is -2.33. The van der Waals surface area contributed by atoms with Gasteiger partial charge in [-0.25, -0.2) is 4.99 Å². The van der Waals surface area contributed by atoms with Crippen LogP contribution in [-0.4, -0.2) is 29.1 Å². The molecule has 0 saturated heterocycles. The highest BCUT2D eigenvalue weighted by atomic mass is 32.1. The molecule has 3 rings (SSSR count). The van der Waals surface area contributed by atoms with E-state index in [1.165, 1.54) is 0 Å². The second-order valence-corrected chi connectivity index (χ2v) is 7.36. The number of fused-ring (bicyclic) bond motifs is 1. The van der Waals surface area contributed by atoms with Gasteiger partial charge in [-0.05, 0) is 41.6 Å². The first-order valence-corrected chi connectivity index (χ1v) is 9.65. The third kappa shape index (κ3) is 4.43. The van der Waals surface area contributed by atoms with Gasteiger partial charge >= 0.3 is 0 Å². The number of amides is 2. The lowest BCUT2D eigenvalue weighted by Gasteiger charge is -2.23. The molecule has 1 aromatic carbocycles. The van der Waals surface area contributed by atoms with E-state index < -0.39 is 5.91 Å². The Kier molecular flexibility index (Phi) is 5.71. The van der Waals surface area contributed by atoms with Crippen LogP contribution in [0.3, 0.4) is 0 Å². The van der Waals surface area contributed by atoms with Crippen LogP contribution < -0.4 is 11.5 Å². The maximum atomic E-state index is 13.2. The van der Waals surface area contributed by atoms with Crippen LogP contribution in [0.2, 0.25) is 0 Å². The number of aliphatic imine (C=N–C) groups is 1. The van der Waals surface area contributed by atoms with Gasteiger partial charge in [0, 0.05) is 30.6 Å². The van der Waals surface area contributed by atoms with E-state index >= 15 is 0 Å². The average molecular weight is 382 g/mol. The van der Waals surface area contributed by atoms with Gasteiger partial charge in [-0.2, -0.15) is 0 Å². The predicted octanol–water partition coefficient (Wildman–Crippen LogP) is 3.06. The summed E-state index contributed by atoms with van der Waals surface area (Å²) in [5, 5.41) is 1.94. The summed E-state index contributed by atoms with van der Waals surface area (Å²) in [5.74, 6) is -0.0718. The first-order chi connectivity index (χ1) is 13.0. The molecule has 4 N–H and O–H groups in total. The van der Waals surface area contributed by atoms with Crippen LogP contribution in [0.1, 0.15) is 40.6 Å². The number of hydrogen-bond acceptors (Lipinski definition) is 5. The van der Waals surface area contributed by atoms with E-state index in [9.17, 15) is 9.59 Å². The van der Waals surface area contributed by atoms with Crippen LogP contribution in [0, 0.1) is 0 Å². The minimum Gasteiger partial charge on any atom is -0.387 e. The van der Waals surface area contributed by atoms with E-state index in [1.807, 2.05) is 36.6 Å². The zero-order chi connectivity index (χ0) is 19.4. The van der Waals surface area contributed by atoms with Crippen molar-refractivity contribution in [1.29, 1.82) is 0 Å². The van der Waals surface area contributed by atoms with Gasteiger partial charge in [0.05, 0.1) is 10.6 Å². The maximum absolute atomic E-state index is 13.2. The Bertz CT molecular complexity index is 912. The van der Waals surface area contributed by atoms with Gasteiger partial charge in [-0.15, -0.1) is 11.3 Å². The Labute approximate surface area is 162 Å². The Hall–Kier alpha value is -2.93. The van der Waals surface area contributed by atoms with E-state index in [0.717, 1.165) is 22.5 Å². The van der Waals surface area contributed by atoms with E-state index in [4.69, 9.17) is 11.5 Å². The molecule has 1 aromatic heterocycles. The van der Waals surface area contributed by atoms with Gasteiger partial charge in [-0.1, -0.05) is 19.1 Å². The number of rotatable bonds is 6. The molecule has 0 radical (unpaired) electrons. The predicted molar refractivity (Wildman–Crippen MR) is 109 cm³/mol. The molecule has 1 aliphatic heterocycles. The molecule has 6 nitrogen and oxygen atoms in total. The second-order valence-electron chi connectivity index (χ2n) is 6.41. The van der Waals surface area contributed by atoms with E-state index in [-0.39, 0.29) is 5.91 Å². The number of hydrogen-bond donors (Lipinski definition) is 2. The fourth-order valence-electron chi connectivity index (χ4n) is 2.97. The Morgan fingerprint density at radius 1 is 1.22 bits per heavy atom. The summed E-state index contributed by atoms with van der Waals surface area (Å²) in [6, 6.07) is 8.91. The van der Waals surface area contributed by atoms with Crippen molar-refractivity contribution in [1.82, 2.24) is 4.90 Å². The highest BCUT2D eigenvalue weighted by Crippen LogP contribution is 2.31. The lowest BCUT2D eigenvalue weighted by atomic mass is 10.1. The Morgan fingerprint density at radius 3 is 2.63 bits per heavy atom. The number of carbonyl (C=O) groups is 2. The van der Waals surface area contributed by atoms with E-state index in [1.54, 1.807) is 28.4 Å². The van der Waals surface area contributed by atoms with Gasteiger partial charge in [0.1, 0.15) is 5.84 Å². The van der Waals surface area contributed by atoms with Gasteiger partial charge in [0.2, 0.25) is 5.91 Å². The number of carbonyl (C=O) groups excluding carboxylic acids is 2. The van der Waals surface area contributed by atoms with Crippen molar-refractivity contribution < 1.29 is 9.59 Å². The van der Waals surface area contributed by atoms with Crippen LogP contribution in [0.25, 0.3) is 6.08 Å². The molecule has 27 heavy (non-hydrogen) atoms. The minimum absolute atomic E-state index is 0.0461.